The number of benzene rings is 1. The van der Waals surface area contributed by atoms with Gasteiger partial charge in [0, 0.05) is 49.2 Å². The van der Waals surface area contributed by atoms with Gasteiger partial charge in [-0.25, -0.2) is 14.0 Å². The molecule has 2 heterocycles. The second kappa shape index (κ2) is 11.6. The van der Waals surface area contributed by atoms with Crippen LogP contribution in [0.15, 0.2) is 18.2 Å². The lowest BCUT2D eigenvalue weighted by molar-refractivity contribution is -0.110. The fourth-order valence-electron chi connectivity index (χ4n) is 3.90. The monoisotopic (exact) mass is 516 g/mol. The van der Waals surface area contributed by atoms with Gasteiger partial charge in [0.2, 0.25) is 6.29 Å². The maximum absolute atomic E-state index is 13.7. The second-order valence-electron chi connectivity index (χ2n) is 8.22. The van der Waals surface area contributed by atoms with E-state index in [9.17, 15) is 23.6 Å². The highest BCUT2D eigenvalue weighted by Crippen LogP contribution is 2.34. The highest BCUT2D eigenvalue weighted by atomic mass is 19.1. The number of nitrogens with zero attached hydrogens (tertiary/aromatic N) is 1. The molecule has 1 atom stereocenters. The molecule has 3 N–H and O–H groups in total. The number of rotatable bonds is 8. The lowest BCUT2D eigenvalue weighted by atomic mass is 10.0. The number of ether oxygens (including phenoxy) is 3. The Morgan fingerprint density at radius 3 is 2.62 bits per heavy atom. The Balaban J connectivity index is 1.65. The van der Waals surface area contributed by atoms with Crippen molar-refractivity contribution in [2.24, 2.45) is 0 Å². The van der Waals surface area contributed by atoms with Gasteiger partial charge in [0.25, 0.3) is 11.8 Å². The number of fused-ring (bicyclic) bond motifs is 1. The smallest absolute Gasteiger partial charge is 0.438 e. The summed E-state index contributed by atoms with van der Waals surface area (Å²) in [7, 11) is 1.14. The normalized spacial score (nSPS) is 14.0. The van der Waals surface area contributed by atoms with E-state index in [4.69, 9.17) is 9.47 Å². The number of hydrogen-bond donors (Lipinski definition) is 3. The minimum Gasteiger partial charge on any atom is -0.438 e. The SMILES string of the molecule is CCN(CCNC(=O)c1c(C)[nH]c(/C=C2\C(=O)Nc3ccc(F)cc32)c1C)C(=O)OC(C)OC(=O)OC. The maximum atomic E-state index is 13.7. The van der Waals surface area contributed by atoms with E-state index >= 15 is 0 Å². The predicted octanol–water partition coefficient (Wildman–Crippen LogP) is 3.58. The first-order chi connectivity index (χ1) is 17.5. The molecular weight excluding hydrogens is 487 g/mol. The molecule has 0 saturated carbocycles. The van der Waals surface area contributed by atoms with Crippen LogP contribution in [-0.4, -0.2) is 67.0 Å². The Kier molecular flexibility index (Phi) is 8.53. The Morgan fingerprint density at radius 2 is 1.95 bits per heavy atom. The third-order valence-electron chi connectivity index (χ3n) is 5.76. The van der Waals surface area contributed by atoms with Crippen LogP contribution < -0.4 is 10.6 Å². The lowest BCUT2D eigenvalue weighted by Crippen LogP contribution is -2.40. The molecule has 0 bridgehead atoms. The van der Waals surface area contributed by atoms with E-state index < -0.39 is 24.4 Å². The fraction of sp³-hybridized carbons (Fsp3) is 0.360. The van der Waals surface area contributed by atoms with Crippen molar-refractivity contribution in [1.82, 2.24) is 15.2 Å². The average Bonchev–Trinajstić information content (AvgIpc) is 3.30. The van der Waals surface area contributed by atoms with Gasteiger partial charge in [0.05, 0.1) is 18.2 Å². The van der Waals surface area contributed by atoms with Crippen molar-refractivity contribution in [3.05, 3.63) is 52.1 Å². The molecule has 1 unspecified atom stereocenters. The van der Waals surface area contributed by atoms with Crippen molar-refractivity contribution in [2.75, 3.05) is 32.1 Å². The molecule has 2 aromatic rings. The van der Waals surface area contributed by atoms with Crippen molar-refractivity contribution in [1.29, 1.82) is 0 Å². The number of hydrogen-bond acceptors (Lipinski definition) is 7. The molecule has 0 fully saturated rings. The number of halogens is 1. The summed E-state index contributed by atoms with van der Waals surface area (Å²) >= 11 is 0. The lowest BCUT2D eigenvalue weighted by Gasteiger charge is -2.22. The highest BCUT2D eigenvalue weighted by molar-refractivity contribution is 6.34. The van der Waals surface area contributed by atoms with Gasteiger partial charge in [0.1, 0.15) is 5.82 Å². The third-order valence-corrected chi connectivity index (χ3v) is 5.76. The molecule has 0 saturated heterocycles. The topological polar surface area (TPSA) is 139 Å². The molecule has 198 valence electrons. The van der Waals surface area contributed by atoms with Crippen LogP contribution in [0.2, 0.25) is 0 Å². The molecule has 1 aromatic heterocycles. The summed E-state index contributed by atoms with van der Waals surface area (Å²) in [5.41, 5.74) is 3.38. The van der Waals surface area contributed by atoms with Crippen LogP contribution in [0.25, 0.3) is 11.6 Å². The molecule has 0 radical (unpaired) electrons. The van der Waals surface area contributed by atoms with Crippen LogP contribution in [-0.2, 0) is 19.0 Å². The predicted molar refractivity (Wildman–Crippen MR) is 132 cm³/mol. The molecule has 3 amide bonds. The van der Waals surface area contributed by atoms with Gasteiger partial charge < -0.3 is 34.7 Å². The summed E-state index contributed by atoms with van der Waals surface area (Å²) < 4.78 is 27.9. The Hall–Kier alpha value is -4.35. The van der Waals surface area contributed by atoms with Crippen molar-refractivity contribution in [2.45, 2.75) is 34.0 Å². The zero-order valence-electron chi connectivity index (χ0n) is 21.2. The molecule has 0 aliphatic carbocycles. The number of amides is 3. The molecule has 1 aliphatic rings. The van der Waals surface area contributed by atoms with Crippen molar-refractivity contribution in [3.63, 3.8) is 0 Å². The number of anilines is 1. The zero-order chi connectivity index (χ0) is 27.3. The summed E-state index contributed by atoms with van der Waals surface area (Å²) in [6.45, 7) is 7.14. The first-order valence-corrected chi connectivity index (χ1v) is 11.6. The van der Waals surface area contributed by atoms with Crippen molar-refractivity contribution >= 4 is 41.4 Å². The van der Waals surface area contributed by atoms with E-state index in [1.54, 1.807) is 26.8 Å². The quantitative estimate of drug-likeness (QED) is 0.277. The number of nitrogens with one attached hydrogen (secondary N) is 3. The molecule has 3 rings (SSSR count). The van der Waals surface area contributed by atoms with Gasteiger partial charge in [0.15, 0.2) is 0 Å². The molecular formula is C25H29FN4O7. The Morgan fingerprint density at radius 1 is 1.22 bits per heavy atom. The Bertz CT molecular complexity index is 1250. The first-order valence-electron chi connectivity index (χ1n) is 11.6. The standard InChI is InChI=1S/C25H29FN4O7/c1-6-30(24(33)36-15(4)37-25(34)35-5)10-9-27-23(32)21-13(2)20(28-14(21)3)12-18-17-11-16(26)7-8-19(17)29-22(18)31/h7-8,11-12,15,28H,6,9-10H2,1-5H3,(H,27,32)(H,29,31)/b18-12-. The van der Waals surface area contributed by atoms with Crippen LogP contribution in [0.3, 0.4) is 0 Å². The third kappa shape index (κ3) is 6.26. The van der Waals surface area contributed by atoms with Gasteiger partial charge in [-0.15, -0.1) is 0 Å². The number of carbonyl (C=O) groups excluding carboxylic acids is 4. The Labute approximate surface area is 212 Å². The number of carbonyl (C=O) groups is 4. The summed E-state index contributed by atoms with van der Waals surface area (Å²) in [5.74, 6) is -1.20. The van der Waals surface area contributed by atoms with Crippen LogP contribution in [0, 0.1) is 19.7 Å². The summed E-state index contributed by atoms with van der Waals surface area (Å²) in [5, 5.41) is 5.47. The van der Waals surface area contributed by atoms with Crippen LogP contribution >= 0.6 is 0 Å². The van der Waals surface area contributed by atoms with Gasteiger partial charge in [-0.05, 0) is 50.6 Å². The van der Waals surface area contributed by atoms with Crippen LogP contribution in [0.1, 0.15) is 46.7 Å². The molecule has 37 heavy (non-hydrogen) atoms. The van der Waals surface area contributed by atoms with E-state index in [2.05, 4.69) is 20.4 Å². The van der Waals surface area contributed by atoms with E-state index in [0.29, 0.717) is 40.3 Å². The summed E-state index contributed by atoms with van der Waals surface area (Å²) in [6, 6.07) is 4.05. The van der Waals surface area contributed by atoms with Gasteiger partial charge in [-0.1, -0.05) is 0 Å². The van der Waals surface area contributed by atoms with Gasteiger partial charge >= 0.3 is 12.2 Å². The fourth-order valence-corrected chi connectivity index (χ4v) is 3.90. The number of aromatic nitrogens is 1. The molecule has 1 aromatic carbocycles. The van der Waals surface area contributed by atoms with Crippen LogP contribution in [0.4, 0.5) is 19.7 Å². The van der Waals surface area contributed by atoms with E-state index in [0.717, 1.165) is 7.11 Å². The van der Waals surface area contributed by atoms with Gasteiger partial charge in [-0.2, -0.15) is 0 Å². The zero-order valence-corrected chi connectivity index (χ0v) is 21.2. The minimum absolute atomic E-state index is 0.129. The van der Waals surface area contributed by atoms with E-state index in [1.807, 2.05) is 0 Å². The molecule has 0 spiro atoms. The molecule has 1 aliphatic heterocycles. The summed E-state index contributed by atoms with van der Waals surface area (Å²) in [6.07, 6.45) is -1.26. The van der Waals surface area contributed by atoms with Crippen molar-refractivity contribution < 1.29 is 37.8 Å². The number of methoxy groups -OCH3 is 1. The van der Waals surface area contributed by atoms with Crippen molar-refractivity contribution in [3.8, 4) is 0 Å². The van der Waals surface area contributed by atoms with E-state index in [1.165, 1.54) is 30.0 Å². The summed E-state index contributed by atoms with van der Waals surface area (Å²) in [4.78, 5) is 53.2. The number of aryl methyl sites for hydroxylation is 1. The largest absolute Gasteiger partial charge is 0.511 e. The number of aromatic amines is 1. The minimum atomic E-state index is -1.15. The van der Waals surface area contributed by atoms with Gasteiger partial charge in [-0.3, -0.25) is 9.59 Å². The molecule has 12 heteroatoms. The van der Waals surface area contributed by atoms with Crippen LogP contribution in [0.5, 0.6) is 0 Å². The average molecular weight is 517 g/mol. The highest BCUT2D eigenvalue weighted by Gasteiger charge is 2.26. The maximum Gasteiger partial charge on any atom is 0.511 e. The second-order valence-corrected chi connectivity index (χ2v) is 8.22. The molecule has 11 nitrogen and oxygen atoms in total. The number of H-pyrrole nitrogens is 1. The first kappa shape index (κ1) is 27.2. The van der Waals surface area contributed by atoms with E-state index in [-0.39, 0.29) is 30.5 Å². The number of likely N-dealkylation sites (N-methyl/N-ethyl adjacent to an activating group) is 1.